The first-order valence-corrected chi connectivity index (χ1v) is 11.1. The number of oxazole rings is 1. The molecule has 0 atom stereocenters. The van der Waals surface area contributed by atoms with Crippen LogP contribution >= 0.6 is 0 Å². The highest BCUT2D eigenvalue weighted by molar-refractivity contribution is 5.96. The van der Waals surface area contributed by atoms with E-state index in [1.807, 2.05) is 51.1 Å². The molecule has 3 rings (SSSR count). The van der Waals surface area contributed by atoms with Gasteiger partial charge in [-0.1, -0.05) is 18.2 Å². The summed E-state index contributed by atoms with van der Waals surface area (Å²) in [5.74, 6) is 1.21. The molecule has 180 valence electrons. The molecule has 0 fully saturated rings. The third kappa shape index (κ3) is 6.06. The number of carbonyl (C=O) groups excluding carboxylic acids is 2. The summed E-state index contributed by atoms with van der Waals surface area (Å²) in [5, 5.41) is 0. The number of hydrogen-bond acceptors (Lipinski definition) is 7. The number of nitrogens with one attached hydrogen (secondary N) is 2. The minimum atomic E-state index is -0.528. The zero-order valence-electron chi connectivity index (χ0n) is 19.8. The van der Waals surface area contributed by atoms with E-state index in [9.17, 15) is 9.59 Å². The maximum atomic E-state index is 12.7. The fourth-order valence-corrected chi connectivity index (χ4v) is 3.21. The summed E-state index contributed by atoms with van der Waals surface area (Å²) >= 11 is 0. The number of hydrogen-bond donors (Lipinski definition) is 2. The third-order valence-electron chi connectivity index (χ3n) is 4.73. The molecule has 34 heavy (non-hydrogen) atoms. The van der Waals surface area contributed by atoms with E-state index in [1.54, 1.807) is 19.1 Å². The number of aryl methyl sites for hydroxylation is 1. The summed E-state index contributed by atoms with van der Waals surface area (Å²) in [4.78, 5) is 29.6. The highest BCUT2D eigenvalue weighted by Crippen LogP contribution is 2.39. The van der Waals surface area contributed by atoms with Crippen LogP contribution in [-0.2, 0) is 11.2 Å². The number of amides is 2. The Hall–Kier alpha value is -4.01. The van der Waals surface area contributed by atoms with Gasteiger partial charge in [0.2, 0.25) is 17.5 Å². The Morgan fingerprint density at radius 2 is 1.53 bits per heavy atom. The number of carbonyl (C=O) groups is 2. The minimum Gasteiger partial charge on any atom is -0.490 e. The molecule has 0 aliphatic heterocycles. The van der Waals surface area contributed by atoms with Crippen molar-refractivity contribution in [2.75, 3.05) is 19.8 Å². The molecule has 9 nitrogen and oxygen atoms in total. The van der Waals surface area contributed by atoms with E-state index >= 15 is 0 Å². The largest absolute Gasteiger partial charge is 0.490 e. The average Bonchev–Trinajstić information content (AvgIpc) is 3.20. The average molecular weight is 468 g/mol. The molecular weight excluding hydrogens is 438 g/mol. The molecule has 1 heterocycles. The topological polar surface area (TPSA) is 112 Å². The van der Waals surface area contributed by atoms with Crippen molar-refractivity contribution in [2.24, 2.45) is 0 Å². The van der Waals surface area contributed by atoms with Crippen LogP contribution in [0.2, 0.25) is 0 Å². The van der Waals surface area contributed by atoms with Gasteiger partial charge in [-0.3, -0.25) is 20.4 Å². The van der Waals surface area contributed by atoms with Crippen LogP contribution in [0.15, 0.2) is 46.9 Å². The number of benzene rings is 2. The van der Waals surface area contributed by atoms with Crippen molar-refractivity contribution in [2.45, 2.75) is 34.1 Å². The standard InChI is InChI=1S/C25H29N3O6/c1-5-31-20-13-18(14-21(32-6-2)23(20)33-7-3)24(30)28-27-22(29)15-19-16(4)34-25(26-19)17-11-9-8-10-12-17/h8-14H,5-7,15H2,1-4H3,(H,27,29)(H,28,30). The highest BCUT2D eigenvalue weighted by atomic mass is 16.5. The van der Waals surface area contributed by atoms with Crippen LogP contribution in [0.5, 0.6) is 17.2 Å². The first kappa shape index (κ1) is 24.6. The summed E-state index contributed by atoms with van der Waals surface area (Å²) in [6, 6.07) is 12.5. The fraction of sp³-hybridized carbons (Fsp3) is 0.320. The second kappa shape index (κ2) is 11.7. The van der Waals surface area contributed by atoms with Gasteiger partial charge >= 0.3 is 0 Å². The van der Waals surface area contributed by atoms with E-state index in [2.05, 4.69) is 15.8 Å². The van der Waals surface area contributed by atoms with Crippen LogP contribution < -0.4 is 25.1 Å². The quantitative estimate of drug-likeness (QED) is 0.436. The van der Waals surface area contributed by atoms with Crippen molar-refractivity contribution in [3.05, 3.63) is 59.5 Å². The molecule has 0 radical (unpaired) electrons. The molecular formula is C25H29N3O6. The molecule has 2 aromatic carbocycles. The highest BCUT2D eigenvalue weighted by Gasteiger charge is 2.19. The third-order valence-corrected chi connectivity index (χ3v) is 4.73. The lowest BCUT2D eigenvalue weighted by Gasteiger charge is -2.17. The second-order valence-electron chi connectivity index (χ2n) is 7.17. The zero-order chi connectivity index (χ0) is 24.5. The Morgan fingerprint density at radius 1 is 0.912 bits per heavy atom. The van der Waals surface area contributed by atoms with Gasteiger partial charge in [-0.2, -0.15) is 0 Å². The van der Waals surface area contributed by atoms with E-state index < -0.39 is 11.8 Å². The Kier molecular flexibility index (Phi) is 8.50. The predicted octanol–water partition coefficient (Wildman–Crippen LogP) is 3.85. The van der Waals surface area contributed by atoms with E-state index in [-0.39, 0.29) is 12.0 Å². The molecule has 0 aliphatic rings. The Balaban J connectivity index is 1.68. The van der Waals surface area contributed by atoms with Crippen molar-refractivity contribution in [3.63, 3.8) is 0 Å². The molecule has 1 aromatic heterocycles. The van der Waals surface area contributed by atoms with Gasteiger partial charge in [0.25, 0.3) is 5.91 Å². The molecule has 0 aliphatic carbocycles. The van der Waals surface area contributed by atoms with Gasteiger partial charge in [0.05, 0.1) is 31.9 Å². The molecule has 0 saturated carbocycles. The number of aromatic nitrogens is 1. The molecule has 9 heteroatoms. The smallest absolute Gasteiger partial charge is 0.269 e. The number of hydrazine groups is 1. The van der Waals surface area contributed by atoms with Crippen molar-refractivity contribution in [1.29, 1.82) is 0 Å². The van der Waals surface area contributed by atoms with Crippen molar-refractivity contribution >= 4 is 11.8 Å². The van der Waals surface area contributed by atoms with Crippen LogP contribution in [0.1, 0.15) is 42.6 Å². The van der Waals surface area contributed by atoms with Gasteiger partial charge in [-0.05, 0) is 52.0 Å². The first-order chi connectivity index (χ1) is 16.5. The minimum absolute atomic E-state index is 0.0554. The van der Waals surface area contributed by atoms with Gasteiger partial charge in [0.15, 0.2) is 11.5 Å². The van der Waals surface area contributed by atoms with Crippen molar-refractivity contribution in [1.82, 2.24) is 15.8 Å². The van der Waals surface area contributed by atoms with Crippen molar-refractivity contribution < 1.29 is 28.2 Å². The number of ether oxygens (including phenoxy) is 3. The van der Waals surface area contributed by atoms with Crippen molar-refractivity contribution in [3.8, 4) is 28.7 Å². The lowest BCUT2D eigenvalue weighted by atomic mass is 10.1. The monoisotopic (exact) mass is 467 g/mol. The SMILES string of the molecule is CCOc1cc(C(=O)NNC(=O)Cc2nc(-c3ccccc3)oc2C)cc(OCC)c1OCC. The second-order valence-corrected chi connectivity index (χ2v) is 7.17. The molecule has 0 spiro atoms. The van der Waals surface area contributed by atoms with E-state index in [0.29, 0.717) is 54.4 Å². The molecule has 2 amide bonds. The first-order valence-electron chi connectivity index (χ1n) is 11.1. The van der Waals surface area contributed by atoms with Crippen LogP contribution in [0.25, 0.3) is 11.5 Å². The van der Waals surface area contributed by atoms with Gasteiger partial charge < -0.3 is 18.6 Å². The van der Waals surface area contributed by atoms with Crippen LogP contribution in [-0.4, -0.2) is 36.6 Å². The molecule has 3 aromatic rings. The Bertz CT molecular complexity index is 1100. The van der Waals surface area contributed by atoms with E-state index in [0.717, 1.165) is 5.56 Å². The predicted molar refractivity (Wildman–Crippen MR) is 126 cm³/mol. The van der Waals surface area contributed by atoms with Gasteiger partial charge in [-0.25, -0.2) is 4.98 Å². The van der Waals surface area contributed by atoms with Gasteiger partial charge in [0, 0.05) is 11.1 Å². The van der Waals surface area contributed by atoms with Crippen LogP contribution in [0.4, 0.5) is 0 Å². The zero-order valence-corrected chi connectivity index (χ0v) is 19.8. The lowest BCUT2D eigenvalue weighted by Crippen LogP contribution is -2.42. The maximum absolute atomic E-state index is 12.7. The molecule has 0 bridgehead atoms. The molecule has 0 unspecified atom stereocenters. The fourth-order valence-electron chi connectivity index (χ4n) is 3.21. The van der Waals surface area contributed by atoms with Crippen LogP contribution in [0, 0.1) is 6.92 Å². The summed E-state index contributed by atoms with van der Waals surface area (Å²) in [6.07, 6.45) is -0.0554. The lowest BCUT2D eigenvalue weighted by molar-refractivity contribution is -0.121. The Morgan fingerprint density at radius 3 is 2.12 bits per heavy atom. The summed E-state index contributed by atoms with van der Waals surface area (Å²) < 4.78 is 22.6. The molecule has 2 N–H and O–H groups in total. The number of nitrogens with zero attached hydrogens (tertiary/aromatic N) is 1. The summed E-state index contributed by atoms with van der Waals surface area (Å²) in [6.45, 7) is 8.43. The summed E-state index contributed by atoms with van der Waals surface area (Å²) in [5.41, 5.74) is 6.39. The van der Waals surface area contributed by atoms with Crippen LogP contribution in [0.3, 0.4) is 0 Å². The number of rotatable bonds is 10. The molecule has 0 saturated heterocycles. The van der Waals surface area contributed by atoms with Gasteiger partial charge in [-0.15, -0.1) is 0 Å². The maximum Gasteiger partial charge on any atom is 0.269 e. The normalized spacial score (nSPS) is 10.5. The summed E-state index contributed by atoms with van der Waals surface area (Å²) in [7, 11) is 0. The van der Waals surface area contributed by atoms with E-state index in [1.165, 1.54) is 0 Å². The Labute approximate surface area is 198 Å². The van der Waals surface area contributed by atoms with Gasteiger partial charge in [0.1, 0.15) is 5.76 Å². The van der Waals surface area contributed by atoms with E-state index in [4.69, 9.17) is 18.6 Å².